The van der Waals surface area contributed by atoms with Gasteiger partial charge in [0.25, 0.3) is 0 Å². The van der Waals surface area contributed by atoms with Gasteiger partial charge in [-0.25, -0.2) is 4.79 Å². The van der Waals surface area contributed by atoms with Gasteiger partial charge in [0.15, 0.2) is 0 Å². The largest absolute Gasteiger partial charge is 0.481 e. The van der Waals surface area contributed by atoms with E-state index >= 15 is 0 Å². The van der Waals surface area contributed by atoms with Gasteiger partial charge in [0.1, 0.15) is 0 Å². The van der Waals surface area contributed by atoms with Crippen molar-refractivity contribution in [3.63, 3.8) is 0 Å². The summed E-state index contributed by atoms with van der Waals surface area (Å²) >= 11 is 0. The van der Waals surface area contributed by atoms with Gasteiger partial charge < -0.3 is 10.4 Å². The highest BCUT2D eigenvalue weighted by Crippen LogP contribution is 2.13. The molecule has 0 saturated heterocycles. The van der Waals surface area contributed by atoms with Crippen LogP contribution in [0.2, 0.25) is 0 Å². The summed E-state index contributed by atoms with van der Waals surface area (Å²) in [5, 5.41) is 11.4. The van der Waals surface area contributed by atoms with Gasteiger partial charge in [0, 0.05) is 12.7 Å². The molecule has 0 unspecified atom stereocenters. The molecule has 1 aromatic carbocycles. The molecule has 1 aromatic heterocycles. The van der Waals surface area contributed by atoms with Crippen molar-refractivity contribution < 1.29 is 14.7 Å². The number of hydrogen-bond acceptors (Lipinski definition) is 3. The number of nitrogens with zero attached hydrogens (tertiary/aromatic N) is 2. The van der Waals surface area contributed by atoms with Crippen molar-refractivity contribution in [3.05, 3.63) is 54.4 Å². The van der Waals surface area contributed by atoms with Gasteiger partial charge in [-0.2, -0.15) is 0 Å². The number of carbonyl (C=O) groups is 2. The maximum absolute atomic E-state index is 12.1. The zero-order valence-electron chi connectivity index (χ0n) is 11.5. The van der Waals surface area contributed by atoms with Crippen molar-refractivity contribution in [2.45, 2.75) is 6.42 Å². The molecule has 6 heteroatoms. The third-order valence-corrected chi connectivity index (χ3v) is 2.86. The molecule has 2 amide bonds. The number of anilines is 2. The molecule has 0 saturated carbocycles. The van der Waals surface area contributed by atoms with Gasteiger partial charge in [-0.15, -0.1) is 0 Å². The number of carboxylic acid groups (broad SMARTS) is 1. The van der Waals surface area contributed by atoms with Crippen LogP contribution >= 0.6 is 0 Å². The molecule has 0 aliphatic rings. The summed E-state index contributed by atoms with van der Waals surface area (Å²) in [6.07, 6.45) is 1.30. The van der Waals surface area contributed by atoms with Crippen LogP contribution in [-0.4, -0.2) is 29.1 Å². The Balaban J connectivity index is 2.01. The summed E-state index contributed by atoms with van der Waals surface area (Å²) in [4.78, 5) is 28.1. The Kier molecular flexibility index (Phi) is 4.50. The first-order valence-electron chi connectivity index (χ1n) is 6.33. The van der Waals surface area contributed by atoms with Crippen LogP contribution in [0, 0.1) is 0 Å². The molecule has 0 radical (unpaired) electrons. The Morgan fingerprint density at radius 3 is 2.48 bits per heavy atom. The predicted molar refractivity (Wildman–Crippen MR) is 79.4 cm³/mol. The Morgan fingerprint density at radius 2 is 1.90 bits per heavy atom. The fraction of sp³-hybridized carbons (Fsp3) is 0.133. The number of aromatic nitrogens is 1. The highest BCUT2D eigenvalue weighted by atomic mass is 16.4. The molecule has 0 aliphatic heterocycles. The van der Waals surface area contributed by atoms with E-state index < -0.39 is 5.97 Å². The summed E-state index contributed by atoms with van der Waals surface area (Å²) in [5.74, 6) is -0.942. The number of nitrogens with one attached hydrogen (secondary N) is 1. The second kappa shape index (κ2) is 6.51. The summed E-state index contributed by atoms with van der Waals surface area (Å²) < 4.78 is 0. The van der Waals surface area contributed by atoms with Crippen molar-refractivity contribution in [3.8, 4) is 0 Å². The number of carbonyl (C=O) groups excluding carboxylic acids is 1. The highest BCUT2D eigenvalue weighted by Gasteiger charge is 2.11. The fourth-order valence-corrected chi connectivity index (χ4v) is 1.73. The van der Waals surface area contributed by atoms with Crippen LogP contribution in [0.25, 0.3) is 0 Å². The average Bonchev–Trinajstić information content (AvgIpc) is 2.49. The van der Waals surface area contributed by atoms with Crippen LogP contribution in [0.3, 0.4) is 0 Å². The molecule has 0 spiro atoms. The zero-order valence-corrected chi connectivity index (χ0v) is 11.5. The second-order valence-electron chi connectivity index (χ2n) is 4.43. The van der Waals surface area contributed by atoms with E-state index in [2.05, 4.69) is 10.3 Å². The predicted octanol–water partition coefficient (Wildman–Crippen LogP) is 2.38. The molecule has 6 nitrogen and oxygen atoms in total. The average molecular weight is 285 g/mol. The zero-order chi connectivity index (χ0) is 15.2. The molecule has 1 heterocycles. The standard InChI is InChI=1S/C15H15N3O3/c1-18(13-5-3-2-4-6-13)15(21)17-12-8-7-11(16-10-12)9-14(19)20/h2-8,10H,9H2,1H3,(H,17,21)(H,19,20). The van der Waals surface area contributed by atoms with Crippen LogP contribution in [0.15, 0.2) is 48.7 Å². The van der Waals surface area contributed by atoms with Crippen molar-refractivity contribution >= 4 is 23.4 Å². The van der Waals surface area contributed by atoms with Gasteiger partial charge >= 0.3 is 12.0 Å². The van der Waals surface area contributed by atoms with E-state index in [0.29, 0.717) is 11.4 Å². The lowest BCUT2D eigenvalue weighted by molar-refractivity contribution is -0.136. The van der Waals surface area contributed by atoms with Crippen LogP contribution in [0.5, 0.6) is 0 Å². The van der Waals surface area contributed by atoms with Gasteiger partial charge in [-0.1, -0.05) is 18.2 Å². The molecule has 2 aromatic rings. The number of rotatable bonds is 4. The number of para-hydroxylation sites is 1. The number of pyridine rings is 1. The summed E-state index contributed by atoms with van der Waals surface area (Å²) in [6, 6.07) is 12.1. The first-order chi connectivity index (χ1) is 10.1. The molecule has 2 N–H and O–H groups in total. The van der Waals surface area contributed by atoms with Crippen LogP contribution in [0.1, 0.15) is 5.69 Å². The third-order valence-electron chi connectivity index (χ3n) is 2.86. The number of urea groups is 1. The molecule has 108 valence electrons. The molecule has 0 aliphatic carbocycles. The number of benzene rings is 1. The van der Waals surface area contributed by atoms with E-state index in [4.69, 9.17) is 5.11 Å². The molecule has 0 fully saturated rings. The lowest BCUT2D eigenvalue weighted by atomic mass is 10.2. The third kappa shape index (κ3) is 4.04. The minimum atomic E-state index is -0.942. The molecular formula is C15H15N3O3. The van der Waals surface area contributed by atoms with Crippen molar-refractivity contribution in [1.29, 1.82) is 0 Å². The Bertz CT molecular complexity index is 626. The number of carboxylic acids is 1. The molecule has 0 bridgehead atoms. The maximum atomic E-state index is 12.1. The summed E-state index contributed by atoms with van der Waals surface area (Å²) in [7, 11) is 1.66. The molecular weight excluding hydrogens is 270 g/mol. The van der Waals surface area contributed by atoms with E-state index in [9.17, 15) is 9.59 Å². The van der Waals surface area contributed by atoms with Gasteiger partial charge in [0.05, 0.1) is 24.0 Å². The Morgan fingerprint density at radius 1 is 1.19 bits per heavy atom. The minimum Gasteiger partial charge on any atom is -0.481 e. The van der Waals surface area contributed by atoms with E-state index in [1.165, 1.54) is 11.1 Å². The smallest absolute Gasteiger partial charge is 0.326 e. The molecule has 2 rings (SSSR count). The monoisotopic (exact) mass is 285 g/mol. The lowest BCUT2D eigenvalue weighted by Gasteiger charge is -2.17. The van der Waals surface area contributed by atoms with Crippen molar-refractivity contribution in [1.82, 2.24) is 4.98 Å². The fourth-order valence-electron chi connectivity index (χ4n) is 1.73. The Labute approximate surface area is 122 Å². The van der Waals surface area contributed by atoms with Crippen molar-refractivity contribution in [2.24, 2.45) is 0 Å². The maximum Gasteiger partial charge on any atom is 0.326 e. The number of amides is 2. The van der Waals surface area contributed by atoms with Crippen molar-refractivity contribution in [2.75, 3.05) is 17.3 Å². The molecule has 21 heavy (non-hydrogen) atoms. The number of aliphatic carboxylic acids is 1. The number of hydrogen-bond donors (Lipinski definition) is 2. The summed E-state index contributed by atoms with van der Waals surface area (Å²) in [5.41, 5.74) is 1.72. The topological polar surface area (TPSA) is 82.5 Å². The van der Waals surface area contributed by atoms with Crippen LogP contribution in [0.4, 0.5) is 16.2 Å². The van der Waals surface area contributed by atoms with Crippen LogP contribution < -0.4 is 10.2 Å². The van der Waals surface area contributed by atoms with Gasteiger partial charge in [-0.3, -0.25) is 14.7 Å². The van der Waals surface area contributed by atoms with E-state index in [0.717, 1.165) is 5.69 Å². The van der Waals surface area contributed by atoms with E-state index in [1.54, 1.807) is 19.2 Å². The second-order valence-corrected chi connectivity index (χ2v) is 4.43. The SMILES string of the molecule is CN(C(=O)Nc1ccc(CC(=O)O)nc1)c1ccccc1. The van der Waals surface area contributed by atoms with E-state index in [1.807, 2.05) is 30.3 Å². The normalized spacial score (nSPS) is 9.95. The van der Waals surface area contributed by atoms with Gasteiger partial charge in [0.2, 0.25) is 0 Å². The first-order valence-corrected chi connectivity index (χ1v) is 6.33. The summed E-state index contributed by atoms with van der Waals surface area (Å²) in [6.45, 7) is 0. The van der Waals surface area contributed by atoms with Gasteiger partial charge in [-0.05, 0) is 24.3 Å². The van der Waals surface area contributed by atoms with Crippen LogP contribution in [-0.2, 0) is 11.2 Å². The lowest BCUT2D eigenvalue weighted by Crippen LogP contribution is -2.31. The van der Waals surface area contributed by atoms with E-state index in [-0.39, 0.29) is 12.5 Å². The molecule has 0 atom stereocenters. The first kappa shape index (κ1) is 14.5. The Hall–Kier alpha value is -2.89. The quantitative estimate of drug-likeness (QED) is 0.903. The highest BCUT2D eigenvalue weighted by molar-refractivity contribution is 6.01. The minimum absolute atomic E-state index is 0.141.